The number of rotatable bonds is 4. The SMILES string of the molecule is Cc1cccnc1C1CCCCN1CCn1cc(N)cn1. The number of nitrogens with two attached hydrogens (primary N) is 1. The van der Waals surface area contributed by atoms with Crippen LogP contribution in [0.15, 0.2) is 30.7 Å². The van der Waals surface area contributed by atoms with Crippen LogP contribution in [0, 0.1) is 6.92 Å². The van der Waals surface area contributed by atoms with Gasteiger partial charge in [0.2, 0.25) is 0 Å². The number of pyridine rings is 1. The Hall–Kier alpha value is -1.88. The molecule has 1 atom stereocenters. The molecule has 1 aliphatic heterocycles. The van der Waals surface area contributed by atoms with Gasteiger partial charge in [-0.25, -0.2) is 0 Å². The molecule has 0 bridgehead atoms. The van der Waals surface area contributed by atoms with Crippen LogP contribution >= 0.6 is 0 Å². The number of likely N-dealkylation sites (tertiary alicyclic amines) is 1. The molecule has 0 spiro atoms. The highest BCUT2D eigenvalue weighted by molar-refractivity contribution is 5.30. The standard InChI is InChI=1S/C16H23N5/c1-13-5-4-7-18-16(13)15-6-2-3-8-20(15)9-10-21-12-14(17)11-19-21/h4-5,7,11-12,15H,2-3,6,8-10,17H2,1H3. The molecule has 2 N–H and O–H groups in total. The van der Waals surface area contributed by atoms with Crippen molar-refractivity contribution in [2.75, 3.05) is 18.8 Å². The van der Waals surface area contributed by atoms with Crippen molar-refractivity contribution in [2.24, 2.45) is 0 Å². The fraction of sp³-hybridized carbons (Fsp3) is 0.500. The molecule has 1 saturated heterocycles. The van der Waals surface area contributed by atoms with E-state index >= 15 is 0 Å². The second kappa shape index (κ2) is 6.26. The Morgan fingerprint density at radius 2 is 2.24 bits per heavy atom. The number of hydrogen-bond donors (Lipinski definition) is 1. The first-order valence-electron chi connectivity index (χ1n) is 7.67. The molecule has 0 amide bonds. The predicted molar refractivity (Wildman–Crippen MR) is 83.8 cm³/mol. The fourth-order valence-electron chi connectivity index (χ4n) is 3.15. The molecule has 0 radical (unpaired) electrons. The van der Waals surface area contributed by atoms with Gasteiger partial charge in [0.25, 0.3) is 0 Å². The van der Waals surface area contributed by atoms with Gasteiger partial charge in [0.1, 0.15) is 0 Å². The Labute approximate surface area is 125 Å². The van der Waals surface area contributed by atoms with Gasteiger partial charge in [-0.3, -0.25) is 14.6 Å². The minimum atomic E-state index is 0.438. The molecule has 21 heavy (non-hydrogen) atoms. The molecule has 2 aromatic heterocycles. The molecule has 1 unspecified atom stereocenters. The zero-order chi connectivity index (χ0) is 14.7. The first-order chi connectivity index (χ1) is 10.2. The highest BCUT2D eigenvalue weighted by atomic mass is 15.3. The quantitative estimate of drug-likeness (QED) is 0.937. The summed E-state index contributed by atoms with van der Waals surface area (Å²) in [5.74, 6) is 0. The van der Waals surface area contributed by atoms with Crippen LogP contribution in [-0.4, -0.2) is 32.8 Å². The van der Waals surface area contributed by atoms with Crippen LogP contribution in [0.1, 0.15) is 36.6 Å². The lowest BCUT2D eigenvalue weighted by Gasteiger charge is -2.35. The van der Waals surface area contributed by atoms with Gasteiger partial charge >= 0.3 is 0 Å². The Morgan fingerprint density at radius 3 is 3.00 bits per heavy atom. The van der Waals surface area contributed by atoms with Crippen molar-refractivity contribution in [1.82, 2.24) is 19.7 Å². The Bertz CT molecular complexity index is 592. The molecule has 1 aliphatic rings. The number of anilines is 1. The summed E-state index contributed by atoms with van der Waals surface area (Å²) in [5.41, 5.74) is 8.97. The van der Waals surface area contributed by atoms with Crippen molar-refractivity contribution >= 4 is 5.69 Å². The van der Waals surface area contributed by atoms with Crippen molar-refractivity contribution in [3.8, 4) is 0 Å². The normalized spacial score (nSPS) is 19.8. The number of hydrogen-bond acceptors (Lipinski definition) is 4. The van der Waals surface area contributed by atoms with Crippen molar-refractivity contribution in [3.05, 3.63) is 42.0 Å². The van der Waals surface area contributed by atoms with Gasteiger partial charge in [0.05, 0.1) is 30.2 Å². The second-order valence-electron chi connectivity index (χ2n) is 5.79. The van der Waals surface area contributed by atoms with E-state index in [4.69, 9.17) is 5.73 Å². The highest BCUT2D eigenvalue weighted by Gasteiger charge is 2.25. The van der Waals surface area contributed by atoms with E-state index in [-0.39, 0.29) is 0 Å². The summed E-state index contributed by atoms with van der Waals surface area (Å²) in [4.78, 5) is 7.17. The third-order valence-corrected chi connectivity index (χ3v) is 4.25. The molecular weight excluding hydrogens is 262 g/mol. The largest absolute Gasteiger partial charge is 0.396 e. The zero-order valence-corrected chi connectivity index (χ0v) is 12.6. The van der Waals surface area contributed by atoms with Crippen LogP contribution in [0.5, 0.6) is 0 Å². The maximum absolute atomic E-state index is 5.72. The van der Waals surface area contributed by atoms with E-state index in [1.165, 1.54) is 30.5 Å². The molecule has 0 aromatic carbocycles. The molecule has 3 rings (SSSR count). The zero-order valence-electron chi connectivity index (χ0n) is 12.6. The molecule has 0 saturated carbocycles. The Kier molecular flexibility index (Phi) is 4.20. The van der Waals surface area contributed by atoms with E-state index < -0.39 is 0 Å². The van der Waals surface area contributed by atoms with Gasteiger partial charge in [0, 0.05) is 18.9 Å². The number of aryl methyl sites for hydroxylation is 1. The van der Waals surface area contributed by atoms with E-state index in [1.54, 1.807) is 6.20 Å². The Balaban J connectivity index is 1.71. The van der Waals surface area contributed by atoms with Crippen LogP contribution in [0.25, 0.3) is 0 Å². The van der Waals surface area contributed by atoms with Gasteiger partial charge in [-0.05, 0) is 37.9 Å². The predicted octanol–water partition coefficient (Wildman–Crippen LogP) is 2.40. The molecule has 3 heterocycles. The summed E-state index contributed by atoms with van der Waals surface area (Å²) < 4.78 is 1.92. The van der Waals surface area contributed by atoms with Crippen LogP contribution in [-0.2, 0) is 6.54 Å². The van der Waals surface area contributed by atoms with E-state index in [0.29, 0.717) is 6.04 Å². The molecule has 2 aromatic rings. The first-order valence-corrected chi connectivity index (χ1v) is 7.67. The molecule has 112 valence electrons. The second-order valence-corrected chi connectivity index (χ2v) is 5.79. The average Bonchev–Trinajstić information content (AvgIpc) is 2.92. The molecule has 0 aliphatic carbocycles. The number of piperidine rings is 1. The molecule has 5 nitrogen and oxygen atoms in total. The third kappa shape index (κ3) is 3.24. The summed E-state index contributed by atoms with van der Waals surface area (Å²) in [6, 6.07) is 4.61. The maximum Gasteiger partial charge on any atom is 0.0719 e. The lowest BCUT2D eigenvalue weighted by atomic mass is 9.96. The van der Waals surface area contributed by atoms with Gasteiger partial charge in [-0.1, -0.05) is 12.5 Å². The first kappa shape index (κ1) is 14.1. The van der Waals surface area contributed by atoms with E-state index in [1.807, 2.05) is 23.1 Å². The smallest absolute Gasteiger partial charge is 0.0719 e. The lowest BCUT2D eigenvalue weighted by molar-refractivity contribution is 0.138. The molecule has 1 fully saturated rings. The molecular formula is C16H23N5. The summed E-state index contributed by atoms with van der Waals surface area (Å²) >= 11 is 0. The van der Waals surface area contributed by atoms with Crippen molar-refractivity contribution in [1.29, 1.82) is 0 Å². The summed E-state index contributed by atoms with van der Waals surface area (Å²) in [6.45, 7) is 5.15. The summed E-state index contributed by atoms with van der Waals surface area (Å²) in [5, 5.41) is 4.26. The topological polar surface area (TPSA) is 60.0 Å². The number of nitrogen functional groups attached to an aromatic ring is 1. The van der Waals surface area contributed by atoms with Gasteiger partial charge in [-0.15, -0.1) is 0 Å². The van der Waals surface area contributed by atoms with E-state index in [0.717, 1.165) is 25.3 Å². The average molecular weight is 285 g/mol. The van der Waals surface area contributed by atoms with Crippen LogP contribution in [0.4, 0.5) is 5.69 Å². The summed E-state index contributed by atoms with van der Waals surface area (Å²) in [6.07, 6.45) is 9.25. The van der Waals surface area contributed by atoms with Crippen molar-refractivity contribution in [3.63, 3.8) is 0 Å². The number of nitrogens with zero attached hydrogens (tertiary/aromatic N) is 4. The lowest BCUT2D eigenvalue weighted by Crippen LogP contribution is -2.36. The van der Waals surface area contributed by atoms with Crippen LogP contribution in [0.2, 0.25) is 0 Å². The van der Waals surface area contributed by atoms with Gasteiger partial charge in [0.15, 0.2) is 0 Å². The van der Waals surface area contributed by atoms with E-state index in [9.17, 15) is 0 Å². The third-order valence-electron chi connectivity index (χ3n) is 4.25. The van der Waals surface area contributed by atoms with Crippen LogP contribution in [0.3, 0.4) is 0 Å². The fourth-order valence-corrected chi connectivity index (χ4v) is 3.15. The van der Waals surface area contributed by atoms with Crippen molar-refractivity contribution in [2.45, 2.75) is 38.8 Å². The van der Waals surface area contributed by atoms with Crippen molar-refractivity contribution < 1.29 is 0 Å². The van der Waals surface area contributed by atoms with Gasteiger partial charge < -0.3 is 5.73 Å². The Morgan fingerprint density at radius 1 is 1.33 bits per heavy atom. The monoisotopic (exact) mass is 285 g/mol. The maximum atomic E-state index is 5.72. The number of aromatic nitrogens is 3. The molecule has 5 heteroatoms. The highest BCUT2D eigenvalue weighted by Crippen LogP contribution is 2.31. The van der Waals surface area contributed by atoms with Gasteiger partial charge in [-0.2, -0.15) is 5.10 Å². The van der Waals surface area contributed by atoms with Crippen LogP contribution < -0.4 is 5.73 Å². The minimum Gasteiger partial charge on any atom is -0.396 e. The minimum absolute atomic E-state index is 0.438. The summed E-state index contributed by atoms with van der Waals surface area (Å²) in [7, 11) is 0. The van der Waals surface area contributed by atoms with E-state index in [2.05, 4.69) is 28.0 Å².